The summed E-state index contributed by atoms with van der Waals surface area (Å²) in [6, 6.07) is 16.5. The lowest BCUT2D eigenvalue weighted by Gasteiger charge is -2.35. The summed E-state index contributed by atoms with van der Waals surface area (Å²) in [7, 11) is 3.21. The van der Waals surface area contributed by atoms with Gasteiger partial charge in [0, 0.05) is 36.1 Å². The number of fused-ring (bicyclic) bond motifs is 1. The van der Waals surface area contributed by atoms with E-state index in [1.165, 1.54) is 18.4 Å². The summed E-state index contributed by atoms with van der Waals surface area (Å²) < 4.78 is 12.9. The maximum atomic E-state index is 13.3. The molecular weight excluding hydrogens is 492 g/mol. The smallest absolute Gasteiger partial charge is 0.252 e. The van der Waals surface area contributed by atoms with E-state index in [9.17, 15) is 4.79 Å². The maximum Gasteiger partial charge on any atom is 0.252 e. The highest BCUT2D eigenvalue weighted by molar-refractivity contribution is 5.83. The van der Waals surface area contributed by atoms with Crippen LogP contribution in [0.2, 0.25) is 0 Å². The average molecular weight is 531 g/mol. The van der Waals surface area contributed by atoms with Crippen molar-refractivity contribution in [2.24, 2.45) is 0 Å². The number of nitrogens with zero attached hydrogens (tertiary/aromatic N) is 5. The molecule has 1 N–H and O–H groups in total. The molecule has 9 nitrogen and oxygen atoms in total. The van der Waals surface area contributed by atoms with Gasteiger partial charge in [-0.15, -0.1) is 5.10 Å². The van der Waals surface area contributed by atoms with Gasteiger partial charge in [0.2, 0.25) is 0 Å². The monoisotopic (exact) mass is 530 g/mol. The molecule has 0 bridgehead atoms. The molecule has 0 saturated heterocycles. The van der Waals surface area contributed by atoms with E-state index in [0.717, 1.165) is 54.4 Å². The van der Waals surface area contributed by atoms with Crippen molar-refractivity contribution in [1.82, 2.24) is 30.1 Å². The third-order valence-electron chi connectivity index (χ3n) is 7.85. The number of tetrazole rings is 1. The van der Waals surface area contributed by atoms with Gasteiger partial charge >= 0.3 is 0 Å². The van der Waals surface area contributed by atoms with Crippen LogP contribution in [0, 0.1) is 0 Å². The maximum absolute atomic E-state index is 13.3. The molecule has 9 heteroatoms. The van der Waals surface area contributed by atoms with Crippen molar-refractivity contribution in [3.05, 3.63) is 75.8 Å². The minimum Gasteiger partial charge on any atom is -0.493 e. The Kier molecular flexibility index (Phi) is 8.56. The number of hydrogen-bond acceptors (Lipinski definition) is 7. The minimum absolute atomic E-state index is 0.0179. The van der Waals surface area contributed by atoms with Gasteiger partial charge in [-0.1, -0.05) is 56.5 Å². The lowest BCUT2D eigenvalue weighted by molar-refractivity contribution is 0.108. The molecule has 1 aliphatic carbocycles. The number of hydrogen-bond donors (Lipinski definition) is 1. The zero-order valence-corrected chi connectivity index (χ0v) is 23.1. The first-order valence-corrected chi connectivity index (χ1v) is 13.9. The molecule has 1 atom stereocenters. The summed E-state index contributed by atoms with van der Waals surface area (Å²) in [5.41, 5.74) is 2.62. The van der Waals surface area contributed by atoms with Gasteiger partial charge in [0.05, 0.1) is 25.8 Å². The Labute approximate surface area is 229 Å². The zero-order valence-electron chi connectivity index (χ0n) is 23.1. The molecule has 0 radical (unpaired) electrons. The predicted molar refractivity (Wildman–Crippen MR) is 151 cm³/mol. The number of nitrogens with one attached hydrogen (secondary N) is 1. The Morgan fingerprint density at radius 1 is 1.08 bits per heavy atom. The molecule has 39 heavy (non-hydrogen) atoms. The predicted octanol–water partition coefficient (Wildman–Crippen LogP) is 5.06. The molecule has 2 aromatic carbocycles. The van der Waals surface area contributed by atoms with Gasteiger partial charge in [0.15, 0.2) is 17.3 Å². The number of ether oxygens (including phenoxy) is 2. The molecule has 5 rings (SSSR count). The Morgan fingerprint density at radius 3 is 2.54 bits per heavy atom. The van der Waals surface area contributed by atoms with Crippen LogP contribution in [0.1, 0.15) is 68.4 Å². The standard InChI is InChI=1S/C30H38N6O3/c1-4-10-26(29-32-33-34-36(29)16-15-21-11-6-5-7-12-21)35(24-13-8-9-14-24)20-23-17-22-18-27(38-2)28(39-3)19-25(22)31-30(23)37/h5-7,11-12,17-19,24,26H,4,8-10,13-16,20H2,1-3H3,(H,31,37)/t26-/m1/s1. The summed E-state index contributed by atoms with van der Waals surface area (Å²) >= 11 is 0. The molecule has 206 valence electrons. The fraction of sp³-hybridized carbons (Fsp3) is 0.467. The molecule has 2 aromatic heterocycles. The molecule has 0 unspecified atom stereocenters. The Bertz CT molecular complexity index is 1430. The van der Waals surface area contributed by atoms with Crippen LogP contribution in [0.15, 0.2) is 53.3 Å². The largest absolute Gasteiger partial charge is 0.493 e. The van der Waals surface area contributed by atoms with E-state index in [4.69, 9.17) is 9.47 Å². The number of aromatic amines is 1. The van der Waals surface area contributed by atoms with E-state index in [2.05, 4.69) is 56.6 Å². The van der Waals surface area contributed by atoms with Crippen molar-refractivity contribution < 1.29 is 9.47 Å². The first-order valence-electron chi connectivity index (χ1n) is 13.9. The second kappa shape index (κ2) is 12.4. The van der Waals surface area contributed by atoms with E-state index in [0.29, 0.717) is 30.6 Å². The Balaban J connectivity index is 1.48. The van der Waals surface area contributed by atoms with Crippen LogP contribution in [-0.4, -0.2) is 50.4 Å². The fourth-order valence-corrected chi connectivity index (χ4v) is 5.83. The second-order valence-electron chi connectivity index (χ2n) is 10.3. The highest BCUT2D eigenvalue weighted by Crippen LogP contribution is 2.35. The number of rotatable bonds is 12. The van der Waals surface area contributed by atoms with Crippen LogP contribution in [0.4, 0.5) is 0 Å². The summed E-state index contributed by atoms with van der Waals surface area (Å²) in [6.07, 6.45) is 7.39. The van der Waals surface area contributed by atoms with Gasteiger partial charge in [0.25, 0.3) is 5.56 Å². The molecule has 0 spiro atoms. The molecular formula is C30H38N6O3. The first kappa shape index (κ1) is 26.9. The molecule has 2 heterocycles. The number of aromatic nitrogens is 5. The quantitative estimate of drug-likeness (QED) is 0.273. The van der Waals surface area contributed by atoms with E-state index in [1.807, 2.05) is 28.9 Å². The van der Waals surface area contributed by atoms with Gasteiger partial charge in [-0.25, -0.2) is 4.68 Å². The lowest BCUT2D eigenvalue weighted by Crippen LogP contribution is -2.39. The van der Waals surface area contributed by atoms with E-state index >= 15 is 0 Å². The highest BCUT2D eigenvalue weighted by Gasteiger charge is 2.33. The van der Waals surface area contributed by atoms with Crippen LogP contribution in [0.3, 0.4) is 0 Å². The number of benzene rings is 2. The van der Waals surface area contributed by atoms with Gasteiger partial charge in [-0.3, -0.25) is 9.69 Å². The number of pyridine rings is 1. The summed E-state index contributed by atoms with van der Waals surface area (Å²) in [5.74, 6) is 2.10. The molecule has 0 aliphatic heterocycles. The summed E-state index contributed by atoms with van der Waals surface area (Å²) in [4.78, 5) is 18.9. The topological polar surface area (TPSA) is 98.2 Å². The van der Waals surface area contributed by atoms with Crippen LogP contribution in [-0.2, 0) is 19.5 Å². The van der Waals surface area contributed by atoms with Crippen molar-refractivity contribution >= 4 is 10.9 Å². The summed E-state index contributed by atoms with van der Waals surface area (Å²) in [6.45, 7) is 3.43. The number of methoxy groups -OCH3 is 2. The fourth-order valence-electron chi connectivity index (χ4n) is 5.83. The van der Waals surface area contributed by atoms with Crippen LogP contribution in [0.5, 0.6) is 11.5 Å². The third kappa shape index (κ3) is 5.98. The molecule has 4 aromatic rings. The van der Waals surface area contributed by atoms with Crippen molar-refractivity contribution in [3.8, 4) is 11.5 Å². The SMILES string of the molecule is CCC[C@H](c1nnnn1CCc1ccccc1)N(Cc1cc2cc(OC)c(OC)cc2[nH]c1=O)C1CCCC1. The molecule has 0 amide bonds. The van der Waals surface area contributed by atoms with Crippen molar-refractivity contribution in [2.45, 2.75) is 77.0 Å². The van der Waals surface area contributed by atoms with Crippen LogP contribution in [0.25, 0.3) is 10.9 Å². The van der Waals surface area contributed by atoms with Crippen molar-refractivity contribution in [2.75, 3.05) is 14.2 Å². The molecule has 1 aliphatic rings. The molecule has 1 saturated carbocycles. The van der Waals surface area contributed by atoms with E-state index < -0.39 is 0 Å². The van der Waals surface area contributed by atoms with Crippen LogP contribution < -0.4 is 15.0 Å². The highest BCUT2D eigenvalue weighted by atomic mass is 16.5. The Hall–Kier alpha value is -3.72. The van der Waals surface area contributed by atoms with Gasteiger partial charge < -0.3 is 14.5 Å². The molecule has 1 fully saturated rings. The van der Waals surface area contributed by atoms with Crippen molar-refractivity contribution in [1.29, 1.82) is 0 Å². The van der Waals surface area contributed by atoms with Crippen molar-refractivity contribution in [3.63, 3.8) is 0 Å². The second-order valence-corrected chi connectivity index (χ2v) is 10.3. The summed E-state index contributed by atoms with van der Waals surface area (Å²) in [5, 5.41) is 13.9. The van der Waals surface area contributed by atoms with E-state index in [1.54, 1.807) is 14.2 Å². The third-order valence-corrected chi connectivity index (χ3v) is 7.85. The van der Waals surface area contributed by atoms with Gasteiger partial charge in [0.1, 0.15) is 0 Å². The zero-order chi connectivity index (χ0) is 27.2. The van der Waals surface area contributed by atoms with E-state index in [-0.39, 0.29) is 11.6 Å². The average Bonchev–Trinajstić information content (AvgIpc) is 3.66. The van der Waals surface area contributed by atoms with Gasteiger partial charge in [-0.2, -0.15) is 0 Å². The first-order chi connectivity index (χ1) is 19.1. The lowest BCUT2D eigenvalue weighted by atomic mass is 10.0. The normalized spacial score (nSPS) is 14.8. The minimum atomic E-state index is -0.0864. The number of H-pyrrole nitrogens is 1. The number of aryl methyl sites for hydroxylation is 2. The Morgan fingerprint density at radius 2 is 1.82 bits per heavy atom. The van der Waals surface area contributed by atoms with Crippen LogP contribution >= 0.6 is 0 Å². The van der Waals surface area contributed by atoms with Gasteiger partial charge in [-0.05, 0) is 53.8 Å².